The lowest BCUT2D eigenvalue weighted by Crippen LogP contribution is -2.34. The van der Waals surface area contributed by atoms with E-state index in [9.17, 15) is 14.4 Å². The molecule has 1 aliphatic heterocycles. The van der Waals surface area contributed by atoms with Crippen molar-refractivity contribution in [3.63, 3.8) is 0 Å². The van der Waals surface area contributed by atoms with Crippen LogP contribution in [0.4, 0.5) is 11.4 Å². The van der Waals surface area contributed by atoms with E-state index in [1.807, 2.05) is 24.3 Å². The first-order valence-electron chi connectivity index (χ1n) is 9.50. The van der Waals surface area contributed by atoms with E-state index < -0.39 is 6.10 Å². The van der Waals surface area contributed by atoms with Gasteiger partial charge in [0.25, 0.3) is 5.91 Å². The number of aryl methyl sites for hydroxylation is 1. The number of carbonyl (C=O) groups excluding carboxylic acids is 3. The number of benzene rings is 2. The molecule has 6 nitrogen and oxygen atoms in total. The molecule has 1 aliphatic rings. The molecule has 0 radical (unpaired) electrons. The highest BCUT2D eigenvalue weighted by molar-refractivity contribution is 6.01. The van der Waals surface area contributed by atoms with Crippen LogP contribution in [0.25, 0.3) is 0 Å². The smallest absolute Gasteiger partial charge is 0.265 e. The maximum absolute atomic E-state index is 12.3. The minimum absolute atomic E-state index is 0.0571. The van der Waals surface area contributed by atoms with Crippen LogP contribution in [-0.2, 0) is 16.0 Å². The number of nitrogens with one attached hydrogen (secondary N) is 2. The molecule has 2 aromatic carbocycles. The molecule has 0 aromatic heterocycles. The average molecular weight is 380 g/mol. The summed E-state index contributed by atoms with van der Waals surface area (Å²) in [4.78, 5) is 36.2. The molecule has 0 spiro atoms. The largest absolute Gasteiger partial charge is 0.479 e. The summed E-state index contributed by atoms with van der Waals surface area (Å²) >= 11 is 0. The quantitative estimate of drug-likeness (QED) is 0.712. The second-order valence-electron chi connectivity index (χ2n) is 6.88. The number of carbonyl (C=O) groups is 3. The van der Waals surface area contributed by atoms with E-state index in [2.05, 4.69) is 17.6 Å². The zero-order valence-electron chi connectivity index (χ0n) is 16.1. The lowest BCUT2D eigenvalue weighted by atomic mass is 10.0. The maximum atomic E-state index is 12.3. The summed E-state index contributed by atoms with van der Waals surface area (Å²) in [5.41, 5.74) is 2.88. The molecule has 0 fully saturated rings. The van der Waals surface area contributed by atoms with Crippen molar-refractivity contribution >= 4 is 29.0 Å². The molecule has 0 saturated carbocycles. The van der Waals surface area contributed by atoms with Crippen LogP contribution < -0.4 is 15.4 Å². The number of ketones is 1. The van der Waals surface area contributed by atoms with Crippen molar-refractivity contribution in [2.75, 3.05) is 10.6 Å². The number of hydrogen-bond donors (Lipinski definition) is 2. The van der Waals surface area contributed by atoms with E-state index >= 15 is 0 Å². The van der Waals surface area contributed by atoms with Gasteiger partial charge in [-0.3, -0.25) is 14.4 Å². The van der Waals surface area contributed by atoms with Gasteiger partial charge >= 0.3 is 0 Å². The monoisotopic (exact) mass is 380 g/mol. The van der Waals surface area contributed by atoms with Crippen LogP contribution in [0.1, 0.15) is 49.0 Å². The van der Waals surface area contributed by atoms with E-state index in [-0.39, 0.29) is 30.4 Å². The van der Waals surface area contributed by atoms with Crippen molar-refractivity contribution in [3.05, 3.63) is 53.6 Å². The van der Waals surface area contributed by atoms with Gasteiger partial charge in [-0.05, 0) is 37.1 Å². The Kier molecular flexibility index (Phi) is 6.09. The zero-order chi connectivity index (χ0) is 20.1. The van der Waals surface area contributed by atoms with Crippen LogP contribution in [0.2, 0.25) is 0 Å². The Bertz CT molecular complexity index is 890. The molecule has 2 aromatic rings. The molecule has 0 bridgehead atoms. The van der Waals surface area contributed by atoms with Crippen LogP contribution in [0, 0.1) is 0 Å². The number of hydrogen-bond acceptors (Lipinski definition) is 4. The number of rotatable bonds is 7. The summed E-state index contributed by atoms with van der Waals surface area (Å²) in [7, 11) is 0. The third kappa shape index (κ3) is 4.76. The third-order valence-electron chi connectivity index (χ3n) is 4.59. The van der Waals surface area contributed by atoms with E-state index in [0.29, 0.717) is 22.7 Å². The van der Waals surface area contributed by atoms with Gasteiger partial charge in [-0.2, -0.15) is 0 Å². The first-order chi connectivity index (χ1) is 13.5. The molecule has 1 heterocycles. The average Bonchev–Trinajstić information content (AvgIpc) is 2.68. The standard InChI is InChI=1S/C22H24N2O4/c1-3-4-15-5-7-16(8-6-15)19(25)10-12-21(26)23-17-9-11-20-18(13-17)24-22(27)14(2)28-20/h5-9,11,13-14H,3-4,10,12H2,1-2H3,(H,23,26)(H,24,27). The molecule has 2 N–H and O–H groups in total. The topological polar surface area (TPSA) is 84.5 Å². The summed E-state index contributed by atoms with van der Waals surface area (Å²) in [6.45, 7) is 3.78. The first kappa shape index (κ1) is 19.6. The predicted molar refractivity (Wildman–Crippen MR) is 108 cm³/mol. The van der Waals surface area contributed by atoms with Gasteiger partial charge in [0.1, 0.15) is 5.75 Å². The van der Waals surface area contributed by atoms with Crippen LogP contribution >= 0.6 is 0 Å². The van der Waals surface area contributed by atoms with E-state index in [1.54, 1.807) is 25.1 Å². The number of ether oxygens (including phenoxy) is 1. The molecule has 0 saturated heterocycles. The fourth-order valence-corrected chi connectivity index (χ4v) is 3.03. The third-order valence-corrected chi connectivity index (χ3v) is 4.59. The van der Waals surface area contributed by atoms with Crippen molar-refractivity contribution in [1.82, 2.24) is 0 Å². The van der Waals surface area contributed by atoms with Crippen molar-refractivity contribution in [1.29, 1.82) is 0 Å². The maximum Gasteiger partial charge on any atom is 0.265 e. The van der Waals surface area contributed by atoms with Gasteiger partial charge in [0.05, 0.1) is 5.69 Å². The highest BCUT2D eigenvalue weighted by atomic mass is 16.5. The minimum atomic E-state index is -0.546. The number of amides is 2. The SMILES string of the molecule is CCCc1ccc(C(=O)CCC(=O)Nc2ccc3c(c2)NC(=O)C(C)O3)cc1. The summed E-state index contributed by atoms with van der Waals surface area (Å²) in [5, 5.41) is 5.49. The highest BCUT2D eigenvalue weighted by Crippen LogP contribution is 2.32. The first-order valence-corrected chi connectivity index (χ1v) is 9.50. The normalized spacial score (nSPS) is 15.2. The number of fused-ring (bicyclic) bond motifs is 1. The Balaban J connectivity index is 1.53. The summed E-state index contributed by atoms with van der Waals surface area (Å²) < 4.78 is 5.49. The predicted octanol–water partition coefficient (Wildman–Crippen LogP) is 3.96. The van der Waals surface area contributed by atoms with E-state index in [0.717, 1.165) is 12.8 Å². The molecule has 1 unspecified atom stereocenters. The van der Waals surface area contributed by atoms with Crippen LogP contribution in [0.5, 0.6) is 5.75 Å². The molecule has 1 atom stereocenters. The second kappa shape index (κ2) is 8.69. The van der Waals surface area contributed by atoms with Gasteiger partial charge in [-0.25, -0.2) is 0 Å². The molecular weight excluding hydrogens is 356 g/mol. The summed E-state index contributed by atoms with van der Waals surface area (Å²) in [5.74, 6) is 0.0175. The highest BCUT2D eigenvalue weighted by Gasteiger charge is 2.23. The Hall–Kier alpha value is -3.15. The van der Waals surface area contributed by atoms with Crippen LogP contribution in [0.3, 0.4) is 0 Å². The summed E-state index contributed by atoms with van der Waals surface area (Å²) in [6.07, 6.45) is 1.73. The lowest BCUT2D eigenvalue weighted by Gasteiger charge is -2.23. The molecule has 6 heteroatoms. The van der Waals surface area contributed by atoms with Gasteiger partial charge in [0.2, 0.25) is 5.91 Å². The van der Waals surface area contributed by atoms with Crippen molar-refractivity contribution in [2.45, 2.75) is 45.6 Å². The van der Waals surface area contributed by atoms with Gasteiger partial charge in [-0.1, -0.05) is 37.6 Å². The lowest BCUT2D eigenvalue weighted by molar-refractivity contribution is -0.122. The number of Topliss-reactive ketones (excluding diaryl/α,β-unsaturated/α-hetero) is 1. The molecule has 146 valence electrons. The van der Waals surface area contributed by atoms with Gasteiger partial charge < -0.3 is 15.4 Å². The molecule has 0 aliphatic carbocycles. The molecular formula is C22H24N2O4. The Morgan fingerprint density at radius 2 is 1.86 bits per heavy atom. The fraction of sp³-hybridized carbons (Fsp3) is 0.318. The van der Waals surface area contributed by atoms with E-state index in [4.69, 9.17) is 4.74 Å². The minimum Gasteiger partial charge on any atom is -0.479 e. The second-order valence-corrected chi connectivity index (χ2v) is 6.88. The zero-order valence-corrected chi connectivity index (χ0v) is 16.1. The van der Waals surface area contributed by atoms with Gasteiger partial charge in [-0.15, -0.1) is 0 Å². The number of anilines is 2. The molecule has 2 amide bonds. The Morgan fingerprint density at radius 3 is 2.57 bits per heavy atom. The molecule has 28 heavy (non-hydrogen) atoms. The fourth-order valence-electron chi connectivity index (χ4n) is 3.03. The Labute approximate surface area is 164 Å². The summed E-state index contributed by atoms with van der Waals surface area (Å²) in [6, 6.07) is 12.6. The van der Waals surface area contributed by atoms with Crippen molar-refractivity contribution < 1.29 is 19.1 Å². The van der Waals surface area contributed by atoms with Crippen LogP contribution in [-0.4, -0.2) is 23.7 Å². The Morgan fingerprint density at radius 1 is 1.11 bits per heavy atom. The molecule has 3 rings (SSSR count). The van der Waals surface area contributed by atoms with Gasteiger partial charge in [0.15, 0.2) is 11.9 Å². The van der Waals surface area contributed by atoms with Crippen LogP contribution in [0.15, 0.2) is 42.5 Å². The van der Waals surface area contributed by atoms with Gasteiger partial charge in [0, 0.05) is 24.1 Å². The van der Waals surface area contributed by atoms with E-state index in [1.165, 1.54) is 5.56 Å². The van der Waals surface area contributed by atoms with Crippen molar-refractivity contribution in [3.8, 4) is 5.75 Å². The van der Waals surface area contributed by atoms with Crippen molar-refractivity contribution in [2.24, 2.45) is 0 Å².